The fraction of sp³-hybridized carbons (Fsp3) is 0.286. The molecule has 1 aromatic rings. The van der Waals surface area contributed by atoms with E-state index in [0.717, 1.165) is 0 Å². The van der Waals surface area contributed by atoms with E-state index in [-0.39, 0.29) is 5.56 Å². The number of carbonyl (C=O) groups is 1. The molecule has 0 spiro atoms. The SMILES string of the molecule is CC(OC(=O)c1ccsc1N)[N+](=O)[O-]. The Kier molecular flexibility index (Phi) is 3.03. The van der Waals surface area contributed by atoms with Crippen molar-refractivity contribution in [1.82, 2.24) is 0 Å². The third kappa shape index (κ3) is 2.19. The van der Waals surface area contributed by atoms with Gasteiger partial charge in [-0.3, -0.25) is 10.1 Å². The average Bonchev–Trinajstić information content (AvgIpc) is 2.51. The van der Waals surface area contributed by atoms with E-state index in [2.05, 4.69) is 4.74 Å². The second kappa shape index (κ2) is 4.05. The Bertz CT molecular complexity index is 362. The van der Waals surface area contributed by atoms with Gasteiger partial charge >= 0.3 is 12.2 Å². The summed E-state index contributed by atoms with van der Waals surface area (Å²) in [5.74, 6) is -0.770. The number of ether oxygens (including phenoxy) is 1. The van der Waals surface area contributed by atoms with E-state index in [1.54, 1.807) is 5.38 Å². The van der Waals surface area contributed by atoms with E-state index in [1.807, 2.05) is 0 Å². The number of thiophene rings is 1. The van der Waals surface area contributed by atoms with Crippen LogP contribution in [0, 0.1) is 10.1 Å². The van der Waals surface area contributed by atoms with Gasteiger partial charge in [-0.2, -0.15) is 0 Å². The standard InChI is InChI=1S/C7H8N2O4S/c1-4(9(11)12)13-7(10)5-2-3-14-6(5)8/h2-4H,8H2,1H3. The monoisotopic (exact) mass is 216 g/mol. The Morgan fingerprint density at radius 2 is 2.43 bits per heavy atom. The summed E-state index contributed by atoms with van der Waals surface area (Å²) in [7, 11) is 0. The van der Waals surface area contributed by atoms with Gasteiger partial charge in [0.1, 0.15) is 5.00 Å². The number of rotatable bonds is 3. The third-order valence-electron chi connectivity index (χ3n) is 1.49. The molecule has 0 fully saturated rings. The van der Waals surface area contributed by atoms with E-state index < -0.39 is 17.1 Å². The maximum atomic E-state index is 11.2. The van der Waals surface area contributed by atoms with E-state index in [4.69, 9.17) is 5.73 Å². The maximum absolute atomic E-state index is 11.2. The molecular weight excluding hydrogens is 208 g/mol. The maximum Gasteiger partial charge on any atom is 0.353 e. The summed E-state index contributed by atoms with van der Waals surface area (Å²) >= 11 is 1.18. The molecule has 7 heteroatoms. The van der Waals surface area contributed by atoms with Gasteiger partial charge in [0.15, 0.2) is 0 Å². The number of nitrogen functional groups attached to an aromatic ring is 1. The molecule has 0 bridgehead atoms. The highest BCUT2D eigenvalue weighted by molar-refractivity contribution is 7.14. The van der Waals surface area contributed by atoms with E-state index in [0.29, 0.717) is 5.00 Å². The molecule has 0 aliphatic rings. The number of carbonyl (C=O) groups excluding carboxylic acids is 1. The number of nitro groups is 1. The van der Waals surface area contributed by atoms with Crippen molar-refractivity contribution in [1.29, 1.82) is 0 Å². The Morgan fingerprint density at radius 1 is 1.79 bits per heavy atom. The van der Waals surface area contributed by atoms with Crippen molar-refractivity contribution < 1.29 is 14.5 Å². The van der Waals surface area contributed by atoms with Crippen LogP contribution in [0.4, 0.5) is 5.00 Å². The molecule has 0 aliphatic carbocycles. The summed E-state index contributed by atoms with van der Waals surface area (Å²) in [6.07, 6.45) is -1.36. The Balaban J connectivity index is 2.69. The second-order valence-corrected chi connectivity index (χ2v) is 3.44. The van der Waals surface area contributed by atoms with E-state index >= 15 is 0 Å². The van der Waals surface area contributed by atoms with Crippen LogP contribution in [0.1, 0.15) is 17.3 Å². The molecule has 2 N–H and O–H groups in total. The van der Waals surface area contributed by atoms with Gasteiger partial charge in [-0.15, -0.1) is 11.3 Å². The first-order valence-corrected chi connectivity index (χ1v) is 4.57. The summed E-state index contributed by atoms with van der Waals surface area (Å²) in [5, 5.41) is 12.1. The molecule has 1 rings (SSSR count). The Hall–Kier alpha value is -1.63. The smallest absolute Gasteiger partial charge is 0.353 e. The van der Waals surface area contributed by atoms with Gasteiger partial charge in [-0.25, -0.2) is 4.79 Å². The summed E-state index contributed by atoms with van der Waals surface area (Å²) in [5.41, 5.74) is 5.61. The lowest BCUT2D eigenvalue weighted by molar-refractivity contribution is -0.561. The van der Waals surface area contributed by atoms with Gasteiger partial charge in [0, 0.05) is 6.92 Å². The highest BCUT2D eigenvalue weighted by Gasteiger charge is 2.21. The summed E-state index contributed by atoms with van der Waals surface area (Å²) < 4.78 is 4.53. The van der Waals surface area contributed by atoms with Crippen molar-refractivity contribution in [2.75, 3.05) is 5.73 Å². The Labute approximate surface area is 83.4 Å². The van der Waals surface area contributed by atoms with Crippen molar-refractivity contribution in [3.05, 3.63) is 27.1 Å². The number of hydrogen-bond donors (Lipinski definition) is 1. The first-order chi connectivity index (χ1) is 6.52. The van der Waals surface area contributed by atoms with Crippen LogP contribution in [-0.4, -0.2) is 17.1 Å². The Morgan fingerprint density at radius 3 is 2.86 bits per heavy atom. The van der Waals surface area contributed by atoms with Gasteiger partial charge in [0.25, 0.3) is 0 Å². The average molecular weight is 216 g/mol. The zero-order chi connectivity index (χ0) is 10.7. The topological polar surface area (TPSA) is 95.5 Å². The molecule has 1 heterocycles. The molecule has 6 nitrogen and oxygen atoms in total. The van der Waals surface area contributed by atoms with Crippen LogP contribution in [0.2, 0.25) is 0 Å². The molecule has 76 valence electrons. The largest absolute Gasteiger partial charge is 0.394 e. The molecule has 0 radical (unpaired) electrons. The van der Waals surface area contributed by atoms with Gasteiger partial charge in [0.2, 0.25) is 0 Å². The highest BCUT2D eigenvalue weighted by Crippen LogP contribution is 2.20. The van der Waals surface area contributed by atoms with E-state index in [9.17, 15) is 14.9 Å². The normalized spacial score (nSPS) is 12.1. The van der Waals surface area contributed by atoms with Crippen molar-refractivity contribution in [2.24, 2.45) is 0 Å². The lowest BCUT2D eigenvalue weighted by atomic mass is 10.3. The molecule has 1 unspecified atom stereocenters. The molecule has 0 saturated heterocycles. The third-order valence-corrected chi connectivity index (χ3v) is 2.24. The fourth-order valence-corrected chi connectivity index (χ4v) is 1.38. The van der Waals surface area contributed by atoms with Gasteiger partial charge < -0.3 is 10.5 Å². The van der Waals surface area contributed by atoms with Crippen LogP contribution in [0.5, 0.6) is 0 Å². The molecule has 0 aliphatic heterocycles. The zero-order valence-electron chi connectivity index (χ0n) is 7.30. The van der Waals surface area contributed by atoms with Crippen LogP contribution in [0.25, 0.3) is 0 Å². The second-order valence-electron chi connectivity index (χ2n) is 2.49. The molecule has 14 heavy (non-hydrogen) atoms. The number of nitrogens with zero attached hydrogens (tertiary/aromatic N) is 1. The number of esters is 1. The lowest BCUT2D eigenvalue weighted by Crippen LogP contribution is -2.23. The van der Waals surface area contributed by atoms with Crippen molar-refractivity contribution in [3.8, 4) is 0 Å². The first-order valence-electron chi connectivity index (χ1n) is 3.70. The minimum atomic E-state index is -1.36. The predicted molar refractivity (Wildman–Crippen MR) is 50.6 cm³/mol. The van der Waals surface area contributed by atoms with Crippen molar-refractivity contribution in [2.45, 2.75) is 13.2 Å². The van der Waals surface area contributed by atoms with Crippen molar-refractivity contribution >= 4 is 22.3 Å². The molecule has 1 aromatic heterocycles. The van der Waals surface area contributed by atoms with Crippen LogP contribution in [-0.2, 0) is 4.74 Å². The molecule has 0 aromatic carbocycles. The molecule has 0 amide bonds. The molecule has 1 atom stereocenters. The van der Waals surface area contributed by atoms with Crippen LogP contribution in [0.3, 0.4) is 0 Å². The first kappa shape index (κ1) is 10.5. The number of nitrogens with two attached hydrogens (primary N) is 1. The summed E-state index contributed by atoms with van der Waals surface area (Å²) in [6, 6.07) is 1.47. The van der Waals surface area contributed by atoms with Crippen LogP contribution in [0.15, 0.2) is 11.4 Å². The van der Waals surface area contributed by atoms with E-state index in [1.165, 1.54) is 24.3 Å². The fourth-order valence-electron chi connectivity index (χ4n) is 0.751. The minimum Gasteiger partial charge on any atom is -0.394 e. The summed E-state index contributed by atoms with van der Waals surface area (Å²) in [6.45, 7) is 1.18. The minimum absolute atomic E-state index is 0.170. The predicted octanol–water partition coefficient (Wildman–Crippen LogP) is 1.11. The van der Waals surface area contributed by atoms with Crippen LogP contribution >= 0.6 is 11.3 Å². The molecular formula is C7H8N2O4S. The number of hydrogen-bond acceptors (Lipinski definition) is 6. The lowest BCUT2D eigenvalue weighted by Gasteiger charge is -2.04. The highest BCUT2D eigenvalue weighted by atomic mass is 32.1. The van der Waals surface area contributed by atoms with Gasteiger partial charge in [-0.1, -0.05) is 0 Å². The van der Waals surface area contributed by atoms with Crippen LogP contribution < -0.4 is 5.73 Å². The van der Waals surface area contributed by atoms with Gasteiger partial charge in [0.05, 0.1) is 10.5 Å². The van der Waals surface area contributed by atoms with Gasteiger partial charge in [-0.05, 0) is 11.4 Å². The quantitative estimate of drug-likeness (QED) is 0.353. The summed E-state index contributed by atoms with van der Waals surface area (Å²) in [4.78, 5) is 20.7. The molecule has 0 saturated carbocycles. The number of anilines is 1. The van der Waals surface area contributed by atoms with Crippen molar-refractivity contribution in [3.63, 3.8) is 0 Å². The zero-order valence-corrected chi connectivity index (χ0v) is 8.11.